The molecule has 0 spiro atoms. The van der Waals surface area contributed by atoms with Gasteiger partial charge in [-0.05, 0) is 18.6 Å². The van der Waals surface area contributed by atoms with Gasteiger partial charge in [-0.3, -0.25) is 14.9 Å². The zero-order valence-corrected chi connectivity index (χ0v) is 18.0. The lowest BCUT2D eigenvalue weighted by Gasteiger charge is -2.14. The molecule has 0 aliphatic heterocycles. The van der Waals surface area contributed by atoms with E-state index < -0.39 is 11.5 Å². The number of benzene rings is 2. The molecule has 2 N–H and O–H groups in total. The topological polar surface area (TPSA) is 84.2 Å². The van der Waals surface area contributed by atoms with Crippen molar-refractivity contribution in [3.63, 3.8) is 0 Å². The standard InChI is InChI=1S/C24H23N3O3S/c1-2-3-9-14-27-19-13-8-7-12-17(19)21(28)20(23(27)30)22(29)26-24-25-18(15-31-24)16-10-5-4-6-11-16/h4-8,10-13,15,28H,2-3,9,14H2,1H3,(H,25,26,29). The number of fused-ring (bicyclic) bond motifs is 1. The smallest absolute Gasteiger partial charge is 0.267 e. The molecular weight excluding hydrogens is 410 g/mol. The summed E-state index contributed by atoms with van der Waals surface area (Å²) >= 11 is 1.27. The maximum Gasteiger partial charge on any atom is 0.267 e. The maximum absolute atomic E-state index is 13.2. The van der Waals surface area contributed by atoms with Gasteiger partial charge in [0.1, 0.15) is 11.3 Å². The van der Waals surface area contributed by atoms with Crippen LogP contribution in [0.3, 0.4) is 0 Å². The average molecular weight is 434 g/mol. The van der Waals surface area contributed by atoms with Crippen molar-refractivity contribution >= 4 is 33.3 Å². The van der Waals surface area contributed by atoms with Gasteiger partial charge in [0.15, 0.2) is 5.13 Å². The van der Waals surface area contributed by atoms with Crippen LogP contribution < -0.4 is 10.9 Å². The highest BCUT2D eigenvalue weighted by molar-refractivity contribution is 7.14. The summed E-state index contributed by atoms with van der Waals surface area (Å²) in [4.78, 5) is 30.6. The first-order valence-corrected chi connectivity index (χ1v) is 11.1. The second-order valence-electron chi connectivity index (χ2n) is 7.26. The normalized spacial score (nSPS) is 11.0. The molecule has 0 radical (unpaired) electrons. The number of hydrogen-bond donors (Lipinski definition) is 2. The van der Waals surface area contributed by atoms with Crippen LogP contribution in [0.1, 0.15) is 36.5 Å². The molecule has 0 saturated carbocycles. The number of aromatic nitrogens is 2. The number of para-hydroxylation sites is 1. The van der Waals surface area contributed by atoms with Gasteiger partial charge in [0.2, 0.25) is 0 Å². The molecule has 0 unspecified atom stereocenters. The molecule has 0 bridgehead atoms. The van der Waals surface area contributed by atoms with Gasteiger partial charge in [-0.15, -0.1) is 11.3 Å². The van der Waals surface area contributed by atoms with Crippen molar-refractivity contribution in [2.75, 3.05) is 5.32 Å². The van der Waals surface area contributed by atoms with E-state index in [9.17, 15) is 14.7 Å². The molecule has 0 aliphatic carbocycles. The van der Waals surface area contributed by atoms with Gasteiger partial charge < -0.3 is 9.67 Å². The van der Waals surface area contributed by atoms with Crippen molar-refractivity contribution < 1.29 is 9.90 Å². The van der Waals surface area contributed by atoms with Gasteiger partial charge in [-0.25, -0.2) is 4.98 Å². The molecule has 31 heavy (non-hydrogen) atoms. The van der Waals surface area contributed by atoms with Gasteiger partial charge in [0, 0.05) is 22.9 Å². The molecule has 1 amide bonds. The fourth-order valence-electron chi connectivity index (χ4n) is 3.57. The third kappa shape index (κ3) is 4.22. The van der Waals surface area contributed by atoms with Crippen molar-refractivity contribution in [1.82, 2.24) is 9.55 Å². The second-order valence-corrected chi connectivity index (χ2v) is 8.12. The third-order valence-corrected chi connectivity index (χ3v) is 5.91. The van der Waals surface area contributed by atoms with Crippen molar-refractivity contribution in [2.24, 2.45) is 0 Å². The number of anilines is 1. The van der Waals surface area contributed by atoms with E-state index in [1.165, 1.54) is 11.3 Å². The summed E-state index contributed by atoms with van der Waals surface area (Å²) in [5.74, 6) is -0.962. The molecular formula is C24H23N3O3S. The van der Waals surface area contributed by atoms with Crippen molar-refractivity contribution in [2.45, 2.75) is 32.7 Å². The van der Waals surface area contributed by atoms with Gasteiger partial charge in [0.25, 0.3) is 11.5 Å². The molecule has 158 valence electrons. The lowest BCUT2D eigenvalue weighted by Crippen LogP contribution is -2.30. The molecule has 2 aromatic carbocycles. The fraction of sp³-hybridized carbons (Fsp3) is 0.208. The Bertz CT molecular complexity index is 1280. The number of amides is 1. The van der Waals surface area contributed by atoms with Gasteiger partial charge in [-0.1, -0.05) is 62.2 Å². The number of carbonyl (C=O) groups is 1. The van der Waals surface area contributed by atoms with Crippen LogP contribution in [-0.2, 0) is 6.54 Å². The van der Waals surface area contributed by atoms with Crippen LogP contribution in [-0.4, -0.2) is 20.6 Å². The number of carbonyl (C=O) groups excluding carboxylic acids is 1. The predicted molar refractivity (Wildman–Crippen MR) is 125 cm³/mol. The molecule has 4 rings (SSSR count). The minimum atomic E-state index is -0.661. The monoisotopic (exact) mass is 433 g/mol. The Morgan fingerprint density at radius 2 is 1.84 bits per heavy atom. The fourth-order valence-corrected chi connectivity index (χ4v) is 4.28. The number of hydrogen-bond acceptors (Lipinski definition) is 5. The van der Waals surface area contributed by atoms with E-state index in [-0.39, 0.29) is 11.3 Å². The van der Waals surface area contributed by atoms with E-state index in [0.29, 0.717) is 22.6 Å². The molecule has 0 aliphatic rings. The van der Waals surface area contributed by atoms with Crippen LogP contribution in [0.5, 0.6) is 5.75 Å². The first-order valence-electron chi connectivity index (χ1n) is 10.3. The largest absolute Gasteiger partial charge is 0.506 e. The number of pyridine rings is 1. The Hall–Kier alpha value is -3.45. The predicted octanol–water partition coefficient (Wildman–Crippen LogP) is 5.27. The molecule has 0 atom stereocenters. The van der Waals surface area contributed by atoms with Crippen molar-refractivity contribution in [3.8, 4) is 17.0 Å². The zero-order valence-electron chi connectivity index (χ0n) is 17.2. The summed E-state index contributed by atoms with van der Waals surface area (Å²) in [5.41, 5.74) is 1.54. The summed E-state index contributed by atoms with van der Waals surface area (Å²) in [6.45, 7) is 2.58. The van der Waals surface area contributed by atoms with Crippen LogP contribution in [0.4, 0.5) is 5.13 Å². The molecule has 6 nitrogen and oxygen atoms in total. The van der Waals surface area contributed by atoms with Crippen LogP contribution in [0.15, 0.2) is 64.8 Å². The van der Waals surface area contributed by atoms with E-state index >= 15 is 0 Å². The van der Waals surface area contributed by atoms with Crippen LogP contribution in [0, 0.1) is 0 Å². The van der Waals surface area contributed by atoms with E-state index in [1.54, 1.807) is 22.8 Å². The first kappa shape index (κ1) is 20.8. The molecule has 0 saturated heterocycles. The Morgan fingerprint density at radius 1 is 1.10 bits per heavy atom. The number of thiazole rings is 1. The van der Waals surface area contributed by atoms with E-state index in [0.717, 1.165) is 30.5 Å². The third-order valence-electron chi connectivity index (χ3n) is 5.15. The molecule has 7 heteroatoms. The molecule has 2 aromatic heterocycles. The Balaban J connectivity index is 1.69. The molecule has 4 aromatic rings. The Kier molecular flexibility index (Phi) is 6.13. The maximum atomic E-state index is 13.2. The van der Waals surface area contributed by atoms with Crippen LogP contribution >= 0.6 is 11.3 Å². The number of aryl methyl sites for hydroxylation is 1. The summed E-state index contributed by atoms with van der Waals surface area (Å²) in [5, 5.41) is 16.1. The number of nitrogens with zero attached hydrogens (tertiary/aromatic N) is 2. The Labute approximate surface area is 183 Å². The highest BCUT2D eigenvalue weighted by atomic mass is 32.1. The molecule has 2 heterocycles. The SMILES string of the molecule is CCCCCn1c(=O)c(C(=O)Nc2nc(-c3ccccc3)cs2)c(O)c2ccccc21. The first-order chi connectivity index (χ1) is 15.1. The quantitative estimate of drug-likeness (QED) is 0.389. The number of unbranched alkanes of at least 4 members (excludes halogenated alkanes) is 2. The summed E-state index contributed by atoms with van der Waals surface area (Å²) in [6.07, 6.45) is 2.82. The lowest BCUT2D eigenvalue weighted by molar-refractivity contribution is 0.102. The number of nitrogens with one attached hydrogen (secondary N) is 1. The number of aromatic hydroxyl groups is 1. The summed E-state index contributed by atoms with van der Waals surface area (Å²) in [7, 11) is 0. The van der Waals surface area contributed by atoms with Crippen molar-refractivity contribution in [3.05, 3.63) is 75.9 Å². The van der Waals surface area contributed by atoms with Crippen LogP contribution in [0.25, 0.3) is 22.2 Å². The summed E-state index contributed by atoms with van der Waals surface area (Å²) < 4.78 is 1.58. The van der Waals surface area contributed by atoms with Crippen LogP contribution in [0.2, 0.25) is 0 Å². The average Bonchev–Trinajstić information content (AvgIpc) is 3.25. The van der Waals surface area contributed by atoms with Gasteiger partial charge in [-0.2, -0.15) is 0 Å². The highest BCUT2D eigenvalue weighted by Gasteiger charge is 2.23. The summed E-state index contributed by atoms with van der Waals surface area (Å²) in [6, 6.07) is 16.7. The van der Waals surface area contributed by atoms with Crippen molar-refractivity contribution in [1.29, 1.82) is 0 Å². The minimum absolute atomic E-state index is 0.258. The highest BCUT2D eigenvalue weighted by Crippen LogP contribution is 2.29. The van der Waals surface area contributed by atoms with E-state index in [4.69, 9.17) is 0 Å². The zero-order chi connectivity index (χ0) is 21.8. The van der Waals surface area contributed by atoms with E-state index in [1.807, 2.05) is 41.8 Å². The van der Waals surface area contributed by atoms with Gasteiger partial charge >= 0.3 is 0 Å². The second kappa shape index (κ2) is 9.14. The lowest BCUT2D eigenvalue weighted by atomic mass is 10.1. The Morgan fingerprint density at radius 3 is 2.61 bits per heavy atom. The van der Waals surface area contributed by atoms with Gasteiger partial charge in [0.05, 0.1) is 11.2 Å². The minimum Gasteiger partial charge on any atom is -0.506 e. The number of rotatable bonds is 7. The molecule has 0 fully saturated rings. The van der Waals surface area contributed by atoms with E-state index in [2.05, 4.69) is 17.2 Å².